The van der Waals surface area contributed by atoms with Crippen molar-refractivity contribution in [3.63, 3.8) is 0 Å². The molecule has 0 rings (SSSR count). The van der Waals surface area contributed by atoms with Crippen LogP contribution in [0.3, 0.4) is 0 Å². The number of carboxylic acid groups (broad SMARTS) is 1. The van der Waals surface area contributed by atoms with Gasteiger partial charge < -0.3 is 10.2 Å². The summed E-state index contributed by atoms with van der Waals surface area (Å²) < 4.78 is 0. The molecule has 2 N–H and O–H groups in total. The van der Waals surface area contributed by atoms with Gasteiger partial charge >= 0.3 is 5.97 Å². The first-order valence-electron chi connectivity index (χ1n) is 7.01. The predicted molar refractivity (Wildman–Crippen MR) is 72.2 cm³/mol. The number of carbonyl (C=O) groups is 1. The van der Waals surface area contributed by atoms with Crippen molar-refractivity contribution in [1.29, 1.82) is 0 Å². The number of hydrogen-bond donors (Lipinski definition) is 2. The first-order valence-corrected chi connectivity index (χ1v) is 7.01. The topological polar surface area (TPSA) is 57.5 Å². The van der Waals surface area contributed by atoms with Crippen LogP contribution in [-0.4, -0.2) is 22.8 Å². The highest BCUT2D eigenvalue weighted by molar-refractivity contribution is 5.66. The molecule has 0 unspecified atom stereocenters. The van der Waals surface area contributed by atoms with Gasteiger partial charge in [-0.2, -0.15) is 0 Å². The highest BCUT2D eigenvalue weighted by atomic mass is 16.4. The van der Waals surface area contributed by atoms with Gasteiger partial charge in [-0.25, -0.2) is 0 Å². The summed E-state index contributed by atoms with van der Waals surface area (Å²) in [4.78, 5) is 9.96. The van der Waals surface area contributed by atoms with E-state index < -0.39 is 5.97 Å². The molecule has 0 aliphatic rings. The molecule has 0 aromatic carbocycles. The second-order valence-electron chi connectivity index (χ2n) is 4.34. The normalized spacial score (nSPS) is 9.59. The van der Waals surface area contributed by atoms with Crippen molar-refractivity contribution in [3.8, 4) is 0 Å². The van der Waals surface area contributed by atoms with E-state index in [2.05, 4.69) is 13.8 Å². The second kappa shape index (κ2) is 17.8. The van der Waals surface area contributed by atoms with Gasteiger partial charge in [-0.05, 0) is 12.8 Å². The van der Waals surface area contributed by atoms with E-state index in [4.69, 9.17) is 10.2 Å². The summed E-state index contributed by atoms with van der Waals surface area (Å²) in [6.45, 7) is 4.67. The average molecular weight is 246 g/mol. The fourth-order valence-electron chi connectivity index (χ4n) is 1.42. The van der Waals surface area contributed by atoms with Crippen LogP contribution in [0.2, 0.25) is 0 Å². The van der Waals surface area contributed by atoms with E-state index in [-0.39, 0.29) is 0 Å². The number of rotatable bonds is 10. The first kappa shape index (κ1) is 18.8. The summed E-state index contributed by atoms with van der Waals surface area (Å²) in [6.07, 6.45) is 10.6. The van der Waals surface area contributed by atoms with E-state index in [1.807, 2.05) is 0 Å². The smallest absolute Gasteiger partial charge is 0.303 e. The van der Waals surface area contributed by atoms with Crippen LogP contribution in [0.15, 0.2) is 0 Å². The SMILES string of the molecule is CCCCCCC(=O)O.CCCCCCCO. The van der Waals surface area contributed by atoms with E-state index >= 15 is 0 Å². The van der Waals surface area contributed by atoms with Crippen LogP contribution >= 0.6 is 0 Å². The number of carboxylic acids is 1. The molecule has 0 aliphatic heterocycles. The molecule has 3 heteroatoms. The quantitative estimate of drug-likeness (QED) is 0.573. The Morgan fingerprint density at radius 3 is 1.71 bits per heavy atom. The van der Waals surface area contributed by atoms with Gasteiger partial charge in [-0.1, -0.05) is 58.8 Å². The predicted octanol–water partition coefficient (Wildman–Crippen LogP) is 3.99. The zero-order valence-electron chi connectivity index (χ0n) is 11.6. The molecular formula is C14H30O3. The van der Waals surface area contributed by atoms with Crippen molar-refractivity contribution in [2.45, 2.75) is 78.1 Å². The lowest BCUT2D eigenvalue weighted by molar-refractivity contribution is -0.137. The Balaban J connectivity index is 0. The molecule has 0 atom stereocenters. The van der Waals surface area contributed by atoms with E-state index in [1.54, 1.807) is 0 Å². The zero-order chi connectivity index (χ0) is 13.4. The lowest BCUT2D eigenvalue weighted by Gasteiger charge is -1.93. The second-order valence-corrected chi connectivity index (χ2v) is 4.34. The Morgan fingerprint density at radius 1 is 0.824 bits per heavy atom. The summed E-state index contributed by atoms with van der Waals surface area (Å²) in [5.74, 6) is -0.675. The number of unbranched alkanes of at least 4 members (excludes halogenated alkanes) is 7. The minimum Gasteiger partial charge on any atom is -0.481 e. The maximum Gasteiger partial charge on any atom is 0.303 e. The third-order valence-corrected chi connectivity index (χ3v) is 2.51. The Hall–Kier alpha value is -0.570. The van der Waals surface area contributed by atoms with Crippen molar-refractivity contribution in [2.24, 2.45) is 0 Å². The molecule has 0 aliphatic carbocycles. The van der Waals surface area contributed by atoms with Crippen LogP contribution in [0.1, 0.15) is 78.1 Å². The monoisotopic (exact) mass is 246 g/mol. The minimum atomic E-state index is -0.675. The van der Waals surface area contributed by atoms with Gasteiger partial charge in [0.05, 0.1) is 0 Å². The number of aliphatic hydroxyl groups excluding tert-OH is 1. The number of aliphatic hydroxyl groups is 1. The maximum absolute atomic E-state index is 9.96. The van der Waals surface area contributed by atoms with Crippen molar-refractivity contribution in [2.75, 3.05) is 6.61 Å². The molecule has 0 aromatic rings. The van der Waals surface area contributed by atoms with Gasteiger partial charge in [0.15, 0.2) is 0 Å². The molecule has 0 saturated heterocycles. The molecule has 0 fully saturated rings. The summed E-state index contributed by atoms with van der Waals surface area (Å²) in [5, 5.41) is 16.6. The fourth-order valence-corrected chi connectivity index (χ4v) is 1.42. The summed E-state index contributed by atoms with van der Waals surface area (Å²) in [5.41, 5.74) is 0. The number of aliphatic carboxylic acids is 1. The van der Waals surface area contributed by atoms with Gasteiger partial charge in [-0.3, -0.25) is 4.79 Å². The van der Waals surface area contributed by atoms with E-state index in [1.165, 1.54) is 32.1 Å². The van der Waals surface area contributed by atoms with Gasteiger partial charge in [0.2, 0.25) is 0 Å². The van der Waals surface area contributed by atoms with Gasteiger partial charge in [0, 0.05) is 13.0 Å². The molecule has 0 bridgehead atoms. The van der Waals surface area contributed by atoms with Gasteiger partial charge in [0.1, 0.15) is 0 Å². The minimum absolute atomic E-state index is 0.333. The fraction of sp³-hybridized carbons (Fsp3) is 0.929. The zero-order valence-corrected chi connectivity index (χ0v) is 11.6. The van der Waals surface area contributed by atoms with E-state index in [0.717, 1.165) is 25.7 Å². The Bertz CT molecular complexity index is 140. The molecule has 104 valence electrons. The van der Waals surface area contributed by atoms with Crippen LogP contribution in [-0.2, 0) is 4.79 Å². The Kier molecular flexibility index (Phi) is 19.7. The largest absolute Gasteiger partial charge is 0.481 e. The Morgan fingerprint density at radius 2 is 1.29 bits per heavy atom. The molecule has 0 radical (unpaired) electrons. The molecule has 17 heavy (non-hydrogen) atoms. The first-order chi connectivity index (χ1) is 8.18. The average Bonchev–Trinajstić information content (AvgIpc) is 2.31. The van der Waals surface area contributed by atoms with Crippen LogP contribution in [0.5, 0.6) is 0 Å². The van der Waals surface area contributed by atoms with Crippen LogP contribution < -0.4 is 0 Å². The van der Waals surface area contributed by atoms with Gasteiger partial charge in [-0.15, -0.1) is 0 Å². The van der Waals surface area contributed by atoms with Crippen molar-refractivity contribution < 1.29 is 15.0 Å². The third-order valence-electron chi connectivity index (χ3n) is 2.51. The highest BCUT2D eigenvalue weighted by Crippen LogP contribution is 2.01. The molecule has 3 nitrogen and oxygen atoms in total. The number of hydrogen-bond acceptors (Lipinski definition) is 2. The van der Waals surface area contributed by atoms with E-state index in [0.29, 0.717) is 13.0 Å². The molecule has 0 aromatic heterocycles. The molecular weight excluding hydrogens is 216 g/mol. The lowest BCUT2D eigenvalue weighted by Crippen LogP contribution is -1.92. The maximum atomic E-state index is 9.96. The molecule has 0 spiro atoms. The van der Waals surface area contributed by atoms with Crippen molar-refractivity contribution in [1.82, 2.24) is 0 Å². The highest BCUT2D eigenvalue weighted by Gasteiger charge is 1.93. The van der Waals surface area contributed by atoms with Gasteiger partial charge in [0.25, 0.3) is 0 Å². The standard InChI is InChI=1S/C7H14O2.C7H16O/c1-2-3-4-5-6-7(8)9;1-2-3-4-5-6-7-8/h2-6H2,1H3,(H,8,9);8H,2-7H2,1H3. The molecule has 0 heterocycles. The van der Waals surface area contributed by atoms with E-state index in [9.17, 15) is 4.79 Å². The van der Waals surface area contributed by atoms with Crippen LogP contribution in [0.25, 0.3) is 0 Å². The Labute approximate surface area is 106 Å². The summed E-state index contributed by atoms with van der Waals surface area (Å²) >= 11 is 0. The van der Waals surface area contributed by atoms with Crippen molar-refractivity contribution >= 4 is 5.97 Å². The molecule has 0 amide bonds. The van der Waals surface area contributed by atoms with Crippen LogP contribution in [0.4, 0.5) is 0 Å². The summed E-state index contributed by atoms with van der Waals surface area (Å²) in [7, 11) is 0. The summed E-state index contributed by atoms with van der Waals surface area (Å²) in [6, 6.07) is 0. The third kappa shape index (κ3) is 25.6. The van der Waals surface area contributed by atoms with Crippen molar-refractivity contribution in [3.05, 3.63) is 0 Å². The van der Waals surface area contributed by atoms with Crippen LogP contribution in [0, 0.1) is 0 Å². The molecule has 0 saturated carbocycles. The lowest BCUT2D eigenvalue weighted by atomic mass is 10.2.